The second kappa shape index (κ2) is 5.05. The third-order valence-electron chi connectivity index (χ3n) is 5.16. The maximum atomic E-state index is 9.75. The number of benzene rings is 1. The van der Waals surface area contributed by atoms with Crippen LogP contribution in [0.1, 0.15) is 49.3 Å². The van der Waals surface area contributed by atoms with Gasteiger partial charge in [-0.3, -0.25) is 4.90 Å². The molecule has 20 heavy (non-hydrogen) atoms. The molecule has 0 radical (unpaired) electrons. The Labute approximate surface area is 121 Å². The van der Waals surface area contributed by atoms with Crippen molar-refractivity contribution in [2.75, 3.05) is 13.1 Å². The number of rotatable bonds is 3. The van der Waals surface area contributed by atoms with Crippen LogP contribution >= 0.6 is 0 Å². The van der Waals surface area contributed by atoms with Crippen LogP contribution in [0.4, 0.5) is 0 Å². The van der Waals surface area contributed by atoms with E-state index in [0.717, 1.165) is 12.5 Å². The van der Waals surface area contributed by atoms with Crippen molar-refractivity contribution in [2.45, 2.75) is 56.7 Å². The lowest BCUT2D eigenvalue weighted by Crippen LogP contribution is -2.37. The van der Waals surface area contributed by atoms with Gasteiger partial charge in [0.05, 0.1) is 0 Å². The largest absolute Gasteiger partial charge is 0.508 e. The van der Waals surface area contributed by atoms with Crippen molar-refractivity contribution < 1.29 is 5.11 Å². The van der Waals surface area contributed by atoms with Crippen LogP contribution < -0.4 is 5.32 Å². The highest BCUT2D eigenvalue weighted by Gasteiger charge is 2.35. The summed E-state index contributed by atoms with van der Waals surface area (Å²) >= 11 is 0. The first-order valence-corrected chi connectivity index (χ1v) is 8.11. The predicted molar refractivity (Wildman–Crippen MR) is 79.9 cm³/mol. The minimum absolute atomic E-state index is 0.406. The Bertz CT molecular complexity index is 498. The van der Waals surface area contributed by atoms with E-state index in [-0.39, 0.29) is 0 Å². The summed E-state index contributed by atoms with van der Waals surface area (Å²) in [5.74, 6) is 0.406. The van der Waals surface area contributed by atoms with Gasteiger partial charge in [0.25, 0.3) is 0 Å². The second-order valence-corrected chi connectivity index (χ2v) is 6.71. The zero-order valence-corrected chi connectivity index (χ0v) is 12.0. The number of aromatic hydroxyl groups is 1. The Morgan fingerprint density at radius 1 is 1.15 bits per heavy atom. The molecule has 1 heterocycles. The van der Waals surface area contributed by atoms with Crippen LogP contribution in [0.5, 0.6) is 5.75 Å². The lowest BCUT2D eigenvalue weighted by Gasteiger charge is -2.29. The molecule has 4 rings (SSSR count). The lowest BCUT2D eigenvalue weighted by atomic mass is 9.87. The van der Waals surface area contributed by atoms with Crippen molar-refractivity contribution in [1.29, 1.82) is 0 Å². The van der Waals surface area contributed by atoms with E-state index in [2.05, 4.69) is 16.3 Å². The summed E-state index contributed by atoms with van der Waals surface area (Å²) in [7, 11) is 0. The van der Waals surface area contributed by atoms with Crippen molar-refractivity contribution >= 4 is 0 Å². The fraction of sp³-hybridized carbons (Fsp3) is 0.647. The number of nitrogens with zero attached hydrogens (tertiary/aromatic N) is 1. The maximum absolute atomic E-state index is 9.75. The number of phenols is 1. The summed E-state index contributed by atoms with van der Waals surface area (Å²) in [6.45, 7) is 2.48. The first-order valence-electron chi connectivity index (χ1n) is 8.11. The molecule has 108 valence electrons. The summed E-state index contributed by atoms with van der Waals surface area (Å²) in [6.07, 6.45) is 7.72. The predicted octanol–water partition coefficient (Wildman–Crippen LogP) is 2.60. The molecule has 3 aliphatic rings. The van der Waals surface area contributed by atoms with Gasteiger partial charge in [-0.25, -0.2) is 0 Å². The molecule has 2 unspecified atom stereocenters. The average molecular weight is 272 g/mol. The second-order valence-electron chi connectivity index (χ2n) is 6.71. The van der Waals surface area contributed by atoms with Gasteiger partial charge in [0.2, 0.25) is 0 Å². The maximum Gasteiger partial charge on any atom is 0.115 e. The van der Waals surface area contributed by atoms with Crippen molar-refractivity contribution in [3.63, 3.8) is 0 Å². The molecular formula is C17H24N2O. The molecule has 1 aromatic rings. The fourth-order valence-electron chi connectivity index (χ4n) is 3.94. The number of likely N-dealkylation sites (tertiary alicyclic amines) is 1. The number of phenolic OH excluding ortho intramolecular Hbond substituents is 1. The van der Waals surface area contributed by atoms with Gasteiger partial charge in [-0.1, -0.05) is 6.07 Å². The molecule has 1 aromatic carbocycles. The zero-order valence-electron chi connectivity index (χ0n) is 12.0. The van der Waals surface area contributed by atoms with E-state index >= 15 is 0 Å². The average Bonchev–Trinajstić information content (AvgIpc) is 3.20. The van der Waals surface area contributed by atoms with Crippen LogP contribution in [0.25, 0.3) is 0 Å². The van der Waals surface area contributed by atoms with Gasteiger partial charge in [-0.15, -0.1) is 0 Å². The molecule has 0 aromatic heterocycles. The third kappa shape index (κ3) is 2.45. The molecule has 1 saturated heterocycles. The Balaban J connectivity index is 1.46. The van der Waals surface area contributed by atoms with Crippen LogP contribution in [0.15, 0.2) is 18.2 Å². The summed E-state index contributed by atoms with van der Waals surface area (Å²) in [6, 6.07) is 7.86. The van der Waals surface area contributed by atoms with Crippen molar-refractivity contribution in [3.05, 3.63) is 29.3 Å². The molecule has 0 spiro atoms. The number of hydrogen-bond donors (Lipinski definition) is 2. The first kappa shape index (κ1) is 12.7. The van der Waals surface area contributed by atoms with E-state index in [9.17, 15) is 5.11 Å². The molecule has 2 fully saturated rings. The zero-order chi connectivity index (χ0) is 13.5. The van der Waals surface area contributed by atoms with Crippen LogP contribution in [0.2, 0.25) is 0 Å². The molecule has 0 bridgehead atoms. The van der Waals surface area contributed by atoms with E-state index in [1.54, 1.807) is 0 Å². The summed E-state index contributed by atoms with van der Waals surface area (Å²) in [5, 5.41) is 13.6. The van der Waals surface area contributed by atoms with E-state index in [1.165, 1.54) is 56.3 Å². The number of hydrogen-bond acceptors (Lipinski definition) is 3. The Morgan fingerprint density at radius 2 is 2.05 bits per heavy atom. The fourth-order valence-corrected chi connectivity index (χ4v) is 3.94. The molecule has 1 saturated carbocycles. The molecule has 2 aliphatic carbocycles. The smallest absolute Gasteiger partial charge is 0.115 e. The first-order chi connectivity index (χ1) is 9.79. The molecule has 2 N–H and O–H groups in total. The number of aryl methyl sites for hydroxylation is 1. The van der Waals surface area contributed by atoms with Gasteiger partial charge in [0.1, 0.15) is 5.75 Å². The van der Waals surface area contributed by atoms with Gasteiger partial charge in [-0.05, 0) is 61.8 Å². The number of fused-ring (bicyclic) bond motifs is 1. The normalized spacial score (nSPS) is 30.4. The van der Waals surface area contributed by atoms with E-state index in [0.29, 0.717) is 17.8 Å². The highest BCUT2D eigenvalue weighted by Crippen LogP contribution is 2.34. The summed E-state index contributed by atoms with van der Waals surface area (Å²) in [4.78, 5) is 2.66. The molecule has 2 atom stereocenters. The van der Waals surface area contributed by atoms with Gasteiger partial charge in [0.15, 0.2) is 0 Å². The minimum Gasteiger partial charge on any atom is -0.508 e. The molecule has 3 heteroatoms. The SMILES string of the molecule is Oc1ccc2c(c1)C(NC1CCN(C3CC3)C1)CCC2. The van der Waals surface area contributed by atoms with Gasteiger partial charge >= 0.3 is 0 Å². The van der Waals surface area contributed by atoms with Gasteiger partial charge < -0.3 is 10.4 Å². The highest BCUT2D eigenvalue weighted by atomic mass is 16.3. The summed E-state index contributed by atoms with van der Waals surface area (Å²) < 4.78 is 0. The van der Waals surface area contributed by atoms with Crippen molar-refractivity contribution in [1.82, 2.24) is 10.2 Å². The van der Waals surface area contributed by atoms with Crippen molar-refractivity contribution in [2.24, 2.45) is 0 Å². The van der Waals surface area contributed by atoms with E-state index in [1.807, 2.05) is 12.1 Å². The third-order valence-corrected chi connectivity index (χ3v) is 5.16. The van der Waals surface area contributed by atoms with Crippen LogP contribution in [-0.2, 0) is 6.42 Å². The summed E-state index contributed by atoms with van der Waals surface area (Å²) in [5.41, 5.74) is 2.75. The number of nitrogens with one attached hydrogen (secondary N) is 1. The lowest BCUT2D eigenvalue weighted by molar-refractivity contribution is 0.308. The van der Waals surface area contributed by atoms with Gasteiger partial charge in [-0.2, -0.15) is 0 Å². The Hall–Kier alpha value is -1.06. The minimum atomic E-state index is 0.406. The van der Waals surface area contributed by atoms with Crippen LogP contribution in [0, 0.1) is 0 Å². The van der Waals surface area contributed by atoms with Crippen LogP contribution in [0.3, 0.4) is 0 Å². The Morgan fingerprint density at radius 3 is 2.90 bits per heavy atom. The van der Waals surface area contributed by atoms with Crippen molar-refractivity contribution in [3.8, 4) is 5.75 Å². The molecular weight excluding hydrogens is 248 g/mol. The molecule has 0 amide bonds. The van der Waals surface area contributed by atoms with Gasteiger partial charge in [0, 0.05) is 31.2 Å². The van der Waals surface area contributed by atoms with E-state index < -0.39 is 0 Å². The van der Waals surface area contributed by atoms with E-state index in [4.69, 9.17) is 0 Å². The molecule has 3 nitrogen and oxygen atoms in total. The topological polar surface area (TPSA) is 35.5 Å². The Kier molecular flexibility index (Phi) is 3.20. The van der Waals surface area contributed by atoms with Crippen LogP contribution in [-0.4, -0.2) is 35.2 Å². The highest BCUT2D eigenvalue weighted by molar-refractivity contribution is 5.38. The molecule has 1 aliphatic heterocycles. The standard InChI is InChI=1S/C17H24N2O/c20-15-7-4-12-2-1-3-17(16(12)10-15)18-13-8-9-19(11-13)14-5-6-14/h4,7,10,13-14,17-18,20H,1-3,5-6,8-9,11H2. The quantitative estimate of drug-likeness (QED) is 0.888. The monoisotopic (exact) mass is 272 g/mol.